The third-order valence-corrected chi connectivity index (χ3v) is 9.81. The molecule has 0 heterocycles. The van der Waals surface area contributed by atoms with E-state index in [1.807, 2.05) is 60.3 Å². The summed E-state index contributed by atoms with van der Waals surface area (Å²) in [7, 11) is 3.76. The van der Waals surface area contributed by atoms with E-state index < -0.39 is 0 Å². The summed E-state index contributed by atoms with van der Waals surface area (Å²) in [5, 5.41) is 5.94. The van der Waals surface area contributed by atoms with Gasteiger partial charge < -0.3 is 20.4 Å². The number of unbranched alkanes of at least 4 members (excludes halogenated alkanes) is 5. The third kappa shape index (κ3) is 10.4. The summed E-state index contributed by atoms with van der Waals surface area (Å²) in [6, 6.07) is 15.1. The fourth-order valence-corrected chi connectivity index (χ4v) is 6.91. The number of amides is 4. The molecule has 2 N–H and O–H groups in total. The van der Waals surface area contributed by atoms with Crippen molar-refractivity contribution < 1.29 is 19.2 Å². The molecule has 4 amide bonds. The quantitative estimate of drug-likeness (QED) is 0.194. The number of benzene rings is 2. The summed E-state index contributed by atoms with van der Waals surface area (Å²) in [6.07, 6.45) is 17.5. The highest BCUT2D eigenvalue weighted by Crippen LogP contribution is 2.27. The molecule has 250 valence electrons. The molecule has 0 saturated heterocycles. The van der Waals surface area contributed by atoms with Crippen molar-refractivity contribution in [2.45, 2.75) is 128 Å². The first kappa shape index (κ1) is 35.2. The number of carbonyl (C=O) groups excluding carboxylic acids is 4. The second-order valence-corrected chi connectivity index (χ2v) is 13.2. The number of para-hydroxylation sites is 2. The molecule has 4 rings (SSSR count). The normalized spacial score (nSPS) is 15.6. The lowest BCUT2D eigenvalue weighted by molar-refractivity contribution is -0.117. The molecule has 2 aliphatic carbocycles. The molecule has 0 aromatic heterocycles. The van der Waals surface area contributed by atoms with Crippen LogP contribution in [-0.4, -0.2) is 59.6 Å². The smallest absolute Gasteiger partial charge is 0.255 e. The zero-order valence-corrected chi connectivity index (χ0v) is 28.0. The summed E-state index contributed by atoms with van der Waals surface area (Å²) < 4.78 is 0. The Morgan fingerprint density at radius 1 is 0.543 bits per heavy atom. The average molecular weight is 631 g/mol. The van der Waals surface area contributed by atoms with Crippen molar-refractivity contribution in [3.05, 3.63) is 59.7 Å². The van der Waals surface area contributed by atoms with Gasteiger partial charge in [0, 0.05) is 39.0 Å². The minimum Gasteiger partial charge on any atom is -0.339 e. The number of anilines is 2. The van der Waals surface area contributed by atoms with E-state index in [9.17, 15) is 19.2 Å². The van der Waals surface area contributed by atoms with Crippen LogP contribution in [0.1, 0.15) is 136 Å². The van der Waals surface area contributed by atoms with Crippen LogP contribution in [0.2, 0.25) is 0 Å². The van der Waals surface area contributed by atoms with E-state index in [1.54, 1.807) is 12.1 Å². The van der Waals surface area contributed by atoms with Gasteiger partial charge in [-0.25, -0.2) is 0 Å². The van der Waals surface area contributed by atoms with E-state index >= 15 is 0 Å². The summed E-state index contributed by atoms with van der Waals surface area (Å²) in [4.78, 5) is 55.5. The molecule has 2 aromatic rings. The fourth-order valence-electron chi connectivity index (χ4n) is 6.91. The van der Waals surface area contributed by atoms with E-state index in [0.717, 1.165) is 89.9 Å². The van der Waals surface area contributed by atoms with Gasteiger partial charge in [0.25, 0.3) is 11.8 Å². The standard InChI is InChI=1S/C38H54N4O4/c1-41(29-19-9-7-10-20-29)37(45)31-23-15-17-25-33(31)39-35(43)27-13-5-3-4-6-14-28-36(44)40-34-26-18-16-24-32(34)38(46)42(2)30-21-11-8-12-22-30/h15-18,23-26,29-30H,3-14,19-22,27-28H2,1-2H3,(H,39,43)(H,40,44). The first-order valence-electron chi connectivity index (χ1n) is 17.7. The molecule has 0 bridgehead atoms. The van der Waals surface area contributed by atoms with Crippen LogP contribution in [0.3, 0.4) is 0 Å². The van der Waals surface area contributed by atoms with Gasteiger partial charge in [-0.3, -0.25) is 19.2 Å². The second-order valence-electron chi connectivity index (χ2n) is 13.2. The summed E-state index contributed by atoms with van der Waals surface area (Å²) in [5.41, 5.74) is 2.27. The molecule has 0 atom stereocenters. The van der Waals surface area contributed by atoms with Crippen LogP contribution >= 0.6 is 0 Å². The molecule has 2 aromatic carbocycles. The number of hydrogen-bond acceptors (Lipinski definition) is 4. The van der Waals surface area contributed by atoms with Crippen LogP contribution in [0.15, 0.2) is 48.5 Å². The minimum atomic E-state index is -0.0686. The molecule has 2 aliphatic rings. The number of nitrogens with one attached hydrogen (secondary N) is 2. The van der Waals surface area contributed by atoms with Gasteiger partial charge in [0.05, 0.1) is 22.5 Å². The molecule has 0 aliphatic heterocycles. The van der Waals surface area contributed by atoms with Gasteiger partial charge >= 0.3 is 0 Å². The molecule has 8 heteroatoms. The topological polar surface area (TPSA) is 98.8 Å². The van der Waals surface area contributed by atoms with Crippen molar-refractivity contribution in [3.8, 4) is 0 Å². The Bertz CT molecular complexity index is 1200. The lowest BCUT2D eigenvalue weighted by atomic mass is 9.94. The molecule has 46 heavy (non-hydrogen) atoms. The van der Waals surface area contributed by atoms with E-state index in [1.165, 1.54) is 12.8 Å². The van der Waals surface area contributed by atoms with Gasteiger partial charge in [0.1, 0.15) is 0 Å². The zero-order valence-electron chi connectivity index (χ0n) is 28.0. The van der Waals surface area contributed by atoms with Gasteiger partial charge in [-0.2, -0.15) is 0 Å². The SMILES string of the molecule is CN(C(=O)c1ccccc1NC(=O)CCCCCCCCC(=O)Nc1ccccc1C(=O)N(C)C1CCCCC1)C1CCCCC1. The van der Waals surface area contributed by atoms with Crippen LogP contribution < -0.4 is 10.6 Å². The van der Waals surface area contributed by atoms with Gasteiger partial charge in [0.2, 0.25) is 11.8 Å². The van der Waals surface area contributed by atoms with Crippen LogP contribution in [0.4, 0.5) is 11.4 Å². The van der Waals surface area contributed by atoms with Gasteiger partial charge in [-0.15, -0.1) is 0 Å². The lowest BCUT2D eigenvalue weighted by Gasteiger charge is -2.31. The number of nitrogens with zero attached hydrogens (tertiary/aromatic N) is 2. The van der Waals surface area contributed by atoms with Gasteiger partial charge in [-0.1, -0.05) is 88.5 Å². The lowest BCUT2D eigenvalue weighted by Crippen LogP contribution is -2.38. The average Bonchev–Trinajstić information content (AvgIpc) is 3.09. The summed E-state index contributed by atoms with van der Waals surface area (Å²) in [6.45, 7) is 0. The molecular weight excluding hydrogens is 576 g/mol. The van der Waals surface area contributed by atoms with E-state index in [0.29, 0.717) is 35.3 Å². The predicted octanol–water partition coefficient (Wildman–Crippen LogP) is 8.19. The van der Waals surface area contributed by atoms with E-state index in [-0.39, 0.29) is 35.7 Å². The van der Waals surface area contributed by atoms with Crippen molar-refractivity contribution >= 4 is 35.0 Å². The molecule has 2 saturated carbocycles. The van der Waals surface area contributed by atoms with Crippen molar-refractivity contribution in [2.75, 3.05) is 24.7 Å². The van der Waals surface area contributed by atoms with Gasteiger partial charge in [-0.05, 0) is 62.8 Å². The first-order valence-corrected chi connectivity index (χ1v) is 17.7. The highest BCUT2D eigenvalue weighted by molar-refractivity contribution is 6.04. The first-order chi connectivity index (χ1) is 22.3. The Morgan fingerprint density at radius 2 is 0.891 bits per heavy atom. The maximum Gasteiger partial charge on any atom is 0.255 e. The zero-order chi connectivity index (χ0) is 32.7. The maximum absolute atomic E-state index is 13.2. The molecule has 8 nitrogen and oxygen atoms in total. The minimum absolute atomic E-state index is 0.0311. The largest absolute Gasteiger partial charge is 0.339 e. The predicted molar refractivity (Wildman–Crippen MR) is 185 cm³/mol. The van der Waals surface area contributed by atoms with Crippen molar-refractivity contribution in [2.24, 2.45) is 0 Å². The number of rotatable bonds is 15. The van der Waals surface area contributed by atoms with Gasteiger partial charge in [0.15, 0.2) is 0 Å². The third-order valence-electron chi connectivity index (χ3n) is 9.81. The Morgan fingerprint density at radius 3 is 1.28 bits per heavy atom. The van der Waals surface area contributed by atoms with Crippen molar-refractivity contribution in [3.63, 3.8) is 0 Å². The molecule has 0 radical (unpaired) electrons. The monoisotopic (exact) mass is 630 g/mol. The highest BCUT2D eigenvalue weighted by Gasteiger charge is 2.26. The Hall–Kier alpha value is -3.68. The van der Waals surface area contributed by atoms with Crippen LogP contribution in [0, 0.1) is 0 Å². The molecule has 0 spiro atoms. The molecule has 2 fully saturated rings. The van der Waals surface area contributed by atoms with Crippen LogP contribution in [-0.2, 0) is 9.59 Å². The van der Waals surface area contributed by atoms with E-state index in [2.05, 4.69) is 10.6 Å². The highest BCUT2D eigenvalue weighted by atomic mass is 16.2. The van der Waals surface area contributed by atoms with Crippen molar-refractivity contribution in [1.29, 1.82) is 0 Å². The summed E-state index contributed by atoms with van der Waals surface area (Å²) in [5.74, 6) is -0.199. The second kappa shape index (κ2) is 18.5. The Kier molecular flexibility index (Phi) is 14.1. The Balaban J connectivity index is 1.11. The number of hydrogen-bond donors (Lipinski definition) is 2. The Labute approximate surface area is 275 Å². The van der Waals surface area contributed by atoms with Crippen LogP contribution in [0.5, 0.6) is 0 Å². The summed E-state index contributed by atoms with van der Waals surface area (Å²) >= 11 is 0. The molecule has 0 unspecified atom stereocenters. The maximum atomic E-state index is 13.2. The number of carbonyl (C=O) groups is 4. The molecular formula is C38H54N4O4. The van der Waals surface area contributed by atoms with E-state index in [4.69, 9.17) is 0 Å². The van der Waals surface area contributed by atoms with Crippen LogP contribution in [0.25, 0.3) is 0 Å². The van der Waals surface area contributed by atoms with Crippen molar-refractivity contribution in [1.82, 2.24) is 9.80 Å². The fraction of sp³-hybridized carbons (Fsp3) is 0.579.